The van der Waals surface area contributed by atoms with Crippen molar-refractivity contribution in [1.29, 1.82) is 0 Å². The van der Waals surface area contributed by atoms with Crippen LogP contribution in [0.15, 0.2) is 41.7 Å². The van der Waals surface area contributed by atoms with Gasteiger partial charge in [0.15, 0.2) is 0 Å². The number of hydrogen-bond acceptors (Lipinski definition) is 1. The zero-order valence-electron chi connectivity index (χ0n) is 8.49. The maximum Gasteiger partial charge on any atom is 0.0448 e. The van der Waals surface area contributed by atoms with Gasteiger partial charge in [-0.05, 0) is 24.1 Å². The van der Waals surface area contributed by atoms with E-state index in [2.05, 4.69) is 55.3 Å². The van der Waals surface area contributed by atoms with E-state index in [1.165, 1.54) is 22.5 Å². The molecule has 2 aliphatic rings. The summed E-state index contributed by atoms with van der Waals surface area (Å²) in [6.07, 6.45) is 4.64. The van der Waals surface area contributed by atoms with Crippen LogP contribution in [0.3, 0.4) is 0 Å². The van der Waals surface area contributed by atoms with Crippen LogP contribution in [0.4, 0.5) is 0 Å². The number of benzene rings is 1. The highest BCUT2D eigenvalue weighted by molar-refractivity contribution is 5.69. The Kier molecular flexibility index (Phi) is 1.41. The summed E-state index contributed by atoms with van der Waals surface area (Å²) in [5.74, 6) is 0.510. The van der Waals surface area contributed by atoms with Gasteiger partial charge in [0.05, 0.1) is 0 Å². The zero-order chi connectivity index (χ0) is 9.71. The topological polar surface area (TPSA) is 3.24 Å². The SMILES string of the molecule is CC1=CC2C(=Cc3ccccc32)N1C. The molecule has 1 aliphatic carbocycles. The molecule has 0 N–H and O–H groups in total. The summed E-state index contributed by atoms with van der Waals surface area (Å²) in [6, 6.07) is 8.65. The van der Waals surface area contributed by atoms with E-state index < -0.39 is 0 Å². The van der Waals surface area contributed by atoms with Crippen LogP contribution in [0.1, 0.15) is 24.0 Å². The van der Waals surface area contributed by atoms with Crippen LogP contribution in [-0.2, 0) is 0 Å². The van der Waals surface area contributed by atoms with Crippen molar-refractivity contribution in [2.75, 3.05) is 7.05 Å². The number of likely N-dealkylation sites (N-methyl/N-ethyl adjacent to an activating group) is 1. The van der Waals surface area contributed by atoms with Crippen molar-refractivity contribution in [3.05, 3.63) is 52.9 Å². The molecule has 1 unspecified atom stereocenters. The normalized spacial score (nSPS) is 23.0. The van der Waals surface area contributed by atoms with Gasteiger partial charge in [0.2, 0.25) is 0 Å². The molecule has 0 aromatic heterocycles. The van der Waals surface area contributed by atoms with Gasteiger partial charge < -0.3 is 4.90 Å². The average Bonchev–Trinajstić information content (AvgIpc) is 2.67. The molecule has 0 radical (unpaired) electrons. The zero-order valence-corrected chi connectivity index (χ0v) is 8.49. The molecule has 1 aromatic carbocycles. The van der Waals surface area contributed by atoms with Gasteiger partial charge in [0.1, 0.15) is 0 Å². The Hall–Kier alpha value is -1.50. The smallest absolute Gasteiger partial charge is 0.0448 e. The van der Waals surface area contributed by atoms with Crippen molar-refractivity contribution >= 4 is 6.08 Å². The van der Waals surface area contributed by atoms with E-state index in [0.29, 0.717) is 5.92 Å². The van der Waals surface area contributed by atoms with Crippen molar-refractivity contribution in [1.82, 2.24) is 4.90 Å². The van der Waals surface area contributed by atoms with Crippen LogP contribution in [0.5, 0.6) is 0 Å². The first-order valence-corrected chi connectivity index (χ1v) is 5.00. The van der Waals surface area contributed by atoms with Gasteiger partial charge in [0.25, 0.3) is 0 Å². The third-order valence-corrected chi connectivity index (χ3v) is 3.28. The summed E-state index contributed by atoms with van der Waals surface area (Å²) >= 11 is 0. The Morgan fingerprint density at radius 3 is 2.86 bits per heavy atom. The molecule has 1 aromatic rings. The number of hydrogen-bond donors (Lipinski definition) is 0. The summed E-state index contributed by atoms with van der Waals surface area (Å²) in [7, 11) is 2.14. The Labute approximate surface area is 84.4 Å². The van der Waals surface area contributed by atoms with Crippen molar-refractivity contribution in [2.45, 2.75) is 12.8 Å². The van der Waals surface area contributed by atoms with E-state index in [9.17, 15) is 0 Å². The third kappa shape index (κ3) is 0.844. The van der Waals surface area contributed by atoms with Gasteiger partial charge in [-0.1, -0.05) is 30.3 Å². The molecule has 3 rings (SSSR count). The molecular formula is C13H13N. The minimum atomic E-state index is 0.510. The molecular weight excluding hydrogens is 170 g/mol. The molecule has 1 heteroatoms. The van der Waals surface area contributed by atoms with E-state index in [4.69, 9.17) is 0 Å². The second-order valence-corrected chi connectivity index (χ2v) is 4.04. The second kappa shape index (κ2) is 2.50. The predicted molar refractivity (Wildman–Crippen MR) is 58.7 cm³/mol. The Morgan fingerprint density at radius 1 is 1.21 bits per heavy atom. The molecule has 14 heavy (non-hydrogen) atoms. The van der Waals surface area contributed by atoms with Crippen LogP contribution in [0.2, 0.25) is 0 Å². The standard InChI is InChI=1S/C13H13N/c1-9-7-12-11-6-4-3-5-10(11)8-13(12)14(9)2/h3-8,12H,1-2H3. The predicted octanol–water partition coefficient (Wildman–Crippen LogP) is 2.97. The molecule has 1 nitrogen and oxygen atoms in total. The Balaban J connectivity index is 2.17. The van der Waals surface area contributed by atoms with Gasteiger partial charge in [-0.3, -0.25) is 0 Å². The van der Waals surface area contributed by atoms with Crippen molar-refractivity contribution in [3.8, 4) is 0 Å². The number of rotatable bonds is 0. The Bertz CT molecular complexity index is 454. The van der Waals surface area contributed by atoms with E-state index in [1.807, 2.05) is 0 Å². The fraction of sp³-hybridized carbons (Fsp3) is 0.231. The van der Waals surface area contributed by atoms with Crippen molar-refractivity contribution in [2.24, 2.45) is 0 Å². The first-order valence-electron chi connectivity index (χ1n) is 5.00. The summed E-state index contributed by atoms with van der Waals surface area (Å²) in [6.45, 7) is 2.17. The second-order valence-electron chi connectivity index (χ2n) is 4.04. The molecule has 0 spiro atoms. The summed E-state index contributed by atoms with van der Waals surface area (Å²) in [4.78, 5) is 2.28. The van der Waals surface area contributed by atoms with E-state index in [0.717, 1.165) is 0 Å². The fourth-order valence-corrected chi connectivity index (χ4v) is 2.37. The highest BCUT2D eigenvalue weighted by Crippen LogP contribution is 2.44. The fourth-order valence-electron chi connectivity index (χ4n) is 2.37. The monoisotopic (exact) mass is 183 g/mol. The minimum Gasteiger partial charge on any atom is -0.351 e. The van der Waals surface area contributed by atoms with Gasteiger partial charge in [-0.25, -0.2) is 0 Å². The largest absolute Gasteiger partial charge is 0.351 e. The van der Waals surface area contributed by atoms with Crippen LogP contribution >= 0.6 is 0 Å². The van der Waals surface area contributed by atoms with Crippen LogP contribution < -0.4 is 0 Å². The molecule has 1 aliphatic heterocycles. The molecule has 0 fully saturated rings. The lowest BCUT2D eigenvalue weighted by Gasteiger charge is -2.15. The molecule has 1 atom stereocenters. The van der Waals surface area contributed by atoms with Gasteiger partial charge >= 0.3 is 0 Å². The van der Waals surface area contributed by atoms with Crippen LogP contribution in [0.25, 0.3) is 6.08 Å². The van der Waals surface area contributed by atoms with Gasteiger partial charge in [0, 0.05) is 24.4 Å². The number of fused-ring (bicyclic) bond motifs is 3. The lowest BCUT2D eigenvalue weighted by atomic mass is 10.0. The number of nitrogens with zero attached hydrogens (tertiary/aromatic N) is 1. The lowest BCUT2D eigenvalue weighted by Crippen LogP contribution is -2.09. The summed E-state index contributed by atoms with van der Waals surface area (Å²) in [5.41, 5.74) is 5.61. The van der Waals surface area contributed by atoms with E-state index in [-0.39, 0.29) is 0 Å². The number of allylic oxidation sites excluding steroid dienone is 2. The molecule has 0 amide bonds. The minimum absolute atomic E-state index is 0.510. The molecule has 70 valence electrons. The molecule has 0 bridgehead atoms. The quantitative estimate of drug-likeness (QED) is 0.597. The third-order valence-electron chi connectivity index (χ3n) is 3.28. The maximum atomic E-state index is 2.34. The highest BCUT2D eigenvalue weighted by atomic mass is 15.1. The van der Waals surface area contributed by atoms with E-state index in [1.54, 1.807) is 0 Å². The first kappa shape index (κ1) is 7.86. The molecule has 0 saturated heterocycles. The van der Waals surface area contributed by atoms with Gasteiger partial charge in [-0.15, -0.1) is 0 Å². The van der Waals surface area contributed by atoms with Crippen molar-refractivity contribution < 1.29 is 0 Å². The lowest BCUT2D eigenvalue weighted by molar-refractivity contribution is 0.538. The van der Waals surface area contributed by atoms with E-state index >= 15 is 0 Å². The highest BCUT2D eigenvalue weighted by Gasteiger charge is 2.30. The maximum absolute atomic E-state index is 2.34. The van der Waals surface area contributed by atoms with Gasteiger partial charge in [-0.2, -0.15) is 0 Å². The van der Waals surface area contributed by atoms with Crippen molar-refractivity contribution in [3.63, 3.8) is 0 Å². The van der Waals surface area contributed by atoms with Crippen LogP contribution in [-0.4, -0.2) is 11.9 Å². The Morgan fingerprint density at radius 2 is 2.00 bits per heavy atom. The first-order chi connectivity index (χ1) is 6.77. The van der Waals surface area contributed by atoms with Crippen LogP contribution in [0, 0.1) is 0 Å². The average molecular weight is 183 g/mol. The summed E-state index contributed by atoms with van der Waals surface area (Å²) in [5, 5.41) is 0. The molecule has 1 heterocycles. The summed E-state index contributed by atoms with van der Waals surface area (Å²) < 4.78 is 0. The molecule has 0 saturated carbocycles.